The van der Waals surface area contributed by atoms with Crippen molar-refractivity contribution in [2.45, 2.75) is 3.79 Å². The van der Waals surface area contributed by atoms with Gasteiger partial charge in [-0.1, -0.05) is 53.0 Å². The Bertz CT molecular complexity index is 550. The van der Waals surface area contributed by atoms with Gasteiger partial charge in [-0.25, -0.2) is 0 Å². The number of alkyl halides is 3. The first-order valence-corrected chi connectivity index (χ1v) is 6.54. The van der Waals surface area contributed by atoms with Crippen LogP contribution in [0.3, 0.4) is 0 Å². The van der Waals surface area contributed by atoms with E-state index < -0.39 is 3.79 Å². The average Bonchev–Trinajstić information content (AvgIpc) is 2.39. The first-order valence-electron chi connectivity index (χ1n) is 5.41. The molecule has 0 aliphatic rings. The van der Waals surface area contributed by atoms with E-state index in [0.29, 0.717) is 22.8 Å². The third kappa shape index (κ3) is 3.47. The van der Waals surface area contributed by atoms with Crippen molar-refractivity contribution in [3.63, 3.8) is 0 Å². The van der Waals surface area contributed by atoms with Gasteiger partial charge in [-0.3, -0.25) is 0 Å². The molecule has 0 bridgehead atoms. The summed E-state index contributed by atoms with van der Waals surface area (Å²) >= 11 is 17.8. The molecule has 99 valence electrons. The fourth-order valence-electron chi connectivity index (χ4n) is 1.54. The summed E-state index contributed by atoms with van der Waals surface area (Å²) in [5.41, 5.74) is 0.306. The predicted octanol–water partition coefficient (Wildman–Crippen LogP) is 5.11. The maximum Gasteiger partial charge on any atom is 0.220 e. The minimum Gasteiger partial charge on any atom is -0.493 e. The highest BCUT2D eigenvalue weighted by molar-refractivity contribution is 6.66. The molecule has 0 saturated heterocycles. The van der Waals surface area contributed by atoms with Gasteiger partial charge in [0.2, 0.25) is 3.79 Å². The molecule has 0 atom stereocenters. The zero-order chi connectivity index (χ0) is 13.9. The van der Waals surface area contributed by atoms with E-state index in [0.717, 1.165) is 0 Å². The summed E-state index contributed by atoms with van der Waals surface area (Å²) in [6, 6.07) is 15.4. The number of halogens is 3. The van der Waals surface area contributed by atoms with Crippen LogP contribution in [0.15, 0.2) is 42.5 Å². The maximum absolute atomic E-state index is 5.92. The number of para-hydroxylation sites is 1. The molecule has 0 aromatic heterocycles. The zero-order valence-electron chi connectivity index (χ0n) is 9.99. The second-order valence-electron chi connectivity index (χ2n) is 3.66. The van der Waals surface area contributed by atoms with Crippen LogP contribution in [0.5, 0.6) is 17.2 Å². The molecule has 2 aromatic carbocycles. The van der Waals surface area contributed by atoms with Gasteiger partial charge in [0, 0.05) is 0 Å². The highest BCUT2D eigenvalue weighted by atomic mass is 35.6. The highest BCUT2D eigenvalue weighted by Gasteiger charge is 2.29. The van der Waals surface area contributed by atoms with E-state index in [1.807, 2.05) is 18.2 Å². The van der Waals surface area contributed by atoms with Crippen molar-refractivity contribution >= 4 is 34.8 Å². The van der Waals surface area contributed by atoms with Crippen molar-refractivity contribution < 1.29 is 9.47 Å². The molecule has 2 aromatic rings. The Morgan fingerprint density at radius 1 is 1.05 bits per heavy atom. The number of hydrogen-bond acceptors (Lipinski definition) is 2. The lowest BCUT2D eigenvalue weighted by Gasteiger charge is -2.18. The van der Waals surface area contributed by atoms with Gasteiger partial charge in [0.25, 0.3) is 0 Å². The van der Waals surface area contributed by atoms with E-state index in [4.69, 9.17) is 44.3 Å². The molecular formula is C14H10Cl3O2. The van der Waals surface area contributed by atoms with Crippen LogP contribution in [-0.4, -0.2) is 7.11 Å². The normalized spacial score (nSPS) is 11.2. The molecule has 0 saturated carbocycles. The van der Waals surface area contributed by atoms with Crippen molar-refractivity contribution in [3.8, 4) is 17.2 Å². The first-order chi connectivity index (χ1) is 9.02. The van der Waals surface area contributed by atoms with Crippen molar-refractivity contribution in [2.75, 3.05) is 7.11 Å². The van der Waals surface area contributed by atoms with Gasteiger partial charge in [-0.2, -0.15) is 0 Å². The van der Waals surface area contributed by atoms with Crippen LogP contribution in [0.25, 0.3) is 0 Å². The van der Waals surface area contributed by atoms with Crippen LogP contribution in [0, 0.1) is 6.07 Å². The Hall–Kier alpha value is -1.09. The lowest BCUT2D eigenvalue weighted by Crippen LogP contribution is -2.04. The van der Waals surface area contributed by atoms with Crippen LogP contribution in [0.1, 0.15) is 5.56 Å². The van der Waals surface area contributed by atoms with E-state index in [1.54, 1.807) is 24.3 Å². The number of rotatable bonds is 3. The SMILES string of the molecule is COc1cc[c]c(C(Cl)(Cl)Cl)c1Oc1ccccc1. The molecule has 0 amide bonds. The van der Waals surface area contributed by atoms with Gasteiger partial charge in [-0.15, -0.1) is 0 Å². The van der Waals surface area contributed by atoms with Crippen LogP contribution >= 0.6 is 34.8 Å². The molecule has 19 heavy (non-hydrogen) atoms. The Kier molecular flexibility index (Phi) is 4.46. The lowest BCUT2D eigenvalue weighted by molar-refractivity contribution is 0.376. The lowest BCUT2D eigenvalue weighted by atomic mass is 10.2. The van der Waals surface area contributed by atoms with E-state index >= 15 is 0 Å². The van der Waals surface area contributed by atoms with Crippen LogP contribution in [0.4, 0.5) is 0 Å². The Morgan fingerprint density at radius 2 is 1.74 bits per heavy atom. The number of benzene rings is 2. The Balaban J connectivity index is 2.48. The summed E-state index contributed by atoms with van der Waals surface area (Å²) in [5.74, 6) is 1.44. The molecule has 1 radical (unpaired) electrons. The zero-order valence-corrected chi connectivity index (χ0v) is 12.3. The minimum atomic E-state index is -1.64. The molecule has 0 spiro atoms. The van der Waals surface area contributed by atoms with Crippen LogP contribution in [0.2, 0.25) is 0 Å². The van der Waals surface area contributed by atoms with Crippen LogP contribution in [-0.2, 0) is 3.79 Å². The molecule has 0 aliphatic carbocycles. The molecule has 0 aliphatic heterocycles. The van der Waals surface area contributed by atoms with Gasteiger partial charge >= 0.3 is 0 Å². The molecule has 0 N–H and O–H groups in total. The van der Waals surface area contributed by atoms with Crippen LogP contribution < -0.4 is 9.47 Å². The standard InChI is InChI=1S/C14H10Cl3O2/c1-18-12-9-5-8-11(14(15,16)17)13(12)19-10-6-3-2-4-7-10/h2-7,9H,1H3. The summed E-state index contributed by atoms with van der Waals surface area (Å²) in [6.07, 6.45) is 0. The first kappa shape index (κ1) is 14.3. The summed E-state index contributed by atoms with van der Waals surface area (Å²) < 4.78 is 9.34. The summed E-state index contributed by atoms with van der Waals surface area (Å²) in [6.45, 7) is 0. The van der Waals surface area contributed by atoms with E-state index in [-0.39, 0.29) is 0 Å². The quantitative estimate of drug-likeness (QED) is 0.732. The van der Waals surface area contributed by atoms with Gasteiger partial charge < -0.3 is 9.47 Å². The molecule has 5 heteroatoms. The van der Waals surface area contributed by atoms with Crippen molar-refractivity contribution in [1.82, 2.24) is 0 Å². The van der Waals surface area contributed by atoms with Gasteiger partial charge in [-0.05, 0) is 30.3 Å². The third-order valence-electron chi connectivity index (χ3n) is 2.38. The average molecular weight is 317 g/mol. The van der Waals surface area contributed by atoms with Gasteiger partial charge in [0.05, 0.1) is 12.7 Å². The number of hydrogen-bond donors (Lipinski definition) is 0. The van der Waals surface area contributed by atoms with Crippen molar-refractivity contribution in [2.24, 2.45) is 0 Å². The summed E-state index contributed by atoms with van der Waals surface area (Å²) in [5, 5.41) is 0. The van der Waals surface area contributed by atoms with Crippen molar-refractivity contribution in [1.29, 1.82) is 0 Å². The molecule has 0 heterocycles. The topological polar surface area (TPSA) is 18.5 Å². The Labute approximate surface area is 126 Å². The molecule has 0 unspecified atom stereocenters. The Morgan fingerprint density at radius 3 is 2.32 bits per heavy atom. The maximum atomic E-state index is 5.92. The fourth-order valence-corrected chi connectivity index (χ4v) is 1.97. The van der Waals surface area contributed by atoms with E-state index in [2.05, 4.69) is 6.07 Å². The van der Waals surface area contributed by atoms with Crippen molar-refractivity contribution in [3.05, 3.63) is 54.1 Å². The number of methoxy groups -OCH3 is 1. The second-order valence-corrected chi connectivity index (χ2v) is 5.94. The largest absolute Gasteiger partial charge is 0.493 e. The molecule has 2 rings (SSSR count). The predicted molar refractivity (Wildman–Crippen MR) is 77.6 cm³/mol. The van der Waals surface area contributed by atoms with Gasteiger partial charge in [0.15, 0.2) is 11.5 Å². The third-order valence-corrected chi connectivity index (χ3v) is 2.95. The van der Waals surface area contributed by atoms with E-state index in [1.165, 1.54) is 7.11 Å². The number of ether oxygens (including phenoxy) is 2. The molecule has 2 nitrogen and oxygen atoms in total. The van der Waals surface area contributed by atoms with E-state index in [9.17, 15) is 0 Å². The summed E-state index contributed by atoms with van der Waals surface area (Å²) in [4.78, 5) is 0. The second kappa shape index (κ2) is 5.91. The molecular weight excluding hydrogens is 307 g/mol. The smallest absolute Gasteiger partial charge is 0.220 e. The monoisotopic (exact) mass is 315 g/mol. The molecule has 0 fully saturated rings. The minimum absolute atomic E-state index is 0.306. The summed E-state index contributed by atoms with van der Waals surface area (Å²) in [7, 11) is 1.52. The van der Waals surface area contributed by atoms with Gasteiger partial charge in [0.1, 0.15) is 5.75 Å². The fraction of sp³-hybridized carbons (Fsp3) is 0.143. The highest BCUT2D eigenvalue weighted by Crippen LogP contribution is 2.47.